The fourth-order valence-electron chi connectivity index (χ4n) is 2.50. The molecular formula is C15H12N6O6. The Balaban J connectivity index is 2.04. The van der Waals surface area contributed by atoms with Crippen LogP contribution in [0.5, 0.6) is 35.3 Å². The first-order chi connectivity index (χ1) is 12.9. The van der Waals surface area contributed by atoms with Gasteiger partial charge < -0.3 is 30.6 Å². The van der Waals surface area contributed by atoms with Crippen molar-refractivity contribution in [2.45, 2.75) is 0 Å². The predicted molar refractivity (Wildman–Crippen MR) is 87.8 cm³/mol. The van der Waals surface area contributed by atoms with E-state index in [9.17, 15) is 30.6 Å². The molecule has 6 N–H and O–H groups in total. The Kier molecular flexibility index (Phi) is 3.34. The monoisotopic (exact) mass is 372 g/mol. The zero-order valence-electron chi connectivity index (χ0n) is 13.3. The van der Waals surface area contributed by atoms with E-state index in [1.54, 1.807) is 0 Å². The lowest BCUT2D eigenvalue weighted by Gasteiger charge is -2.12. The van der Waals surface area contributed by atoms with Crippen molar-refractivity contribution in [1.29, 1.82) is 0 Å². The first-order valence-electron chi connectivity index (χ1n) is 7.43. The number of aromatic nitrogens is 6. The molecule has 4 heterocycles. The molecular weight excluding hydrogens is 360 g/mol. The Labute approximate surface area is 149 Å². The second-order valence-electron chi connectivity index (χ2n) is 5.39. The zero-order valence-corrected chi connectivity index (χ0v) is 13.3. The van der Waals surface area contributed by atoms with Gasteiger partial charge in [-0.05, 0) is 0 Å². The van der Waals surface area contributed by atoms with E-state index in [4.69, 9.17) is 0 Å². The molecule has 0 aliphatic rings. The van der Waals surface area contributed by atoms with Gasteiger partial charge in [0, 0.05) is 36.4 Å². The molecule has 12 nitrogen and oxygen atoms in total. The maximum absolute atomic E-state index is 9.94. The Morgan fingerprint density at radius 3 is 0.778 bits per heavy atom. The van der Waals surface area contributed by atoms with Crippen molar-refractivity contribution >= 4 is 0 Å². The summed E-state index contributed by atoms with van der Waals surface area (Å²) in [4.78, 5) is 12.1. The van der Waals surface area contributed by atoms with E-state index in [2.05, 4.69) is 15.0 Å². The average molecular weight is 372 g/mol. The van der Waals surface area contributed by atoms with Crippen LogP contribution in [0.1, 0.15) is 0 Å². The van der Waals surface area contributed by atoms with Gasteiger partial charge >= 0.3 is 0 Å². The fourth-order valence-corrected chi connectivity index (χ4v) is 2.50. The first-order valence-corrected chi connectivity index (χ1v) is 7.43. The molecule has 0 aromatic carbocycles. The van der Waals surface area contributed by atoms with Crippen molar-refractivity contribution in [2.75, 3.05) is 0 Å². The molecule has 0 saturated heterocycles. The number of hydrogen-bond donors (Lipinski definition) is 6. The fraction of sp³-hybridized carbons (Fsp3) is 0. The molecule has 0 radical (unpaired) electrons. The van der Waals surface area contributed by atoms with E-state index < -0.39 is 35.3 Å². The summed E-state index contributed by atoms with van der Waals surface area (Å²) in [5, 5.41) is 59.6. The molecule has 0 aliphatic carbocycles. The van der Waals surface area contributed by atoms with Crippen molar-refractivity contribution in [1.82, 2.24) is 28.7 Å². The van der Waals surface area contributed by atoms with Crippen LogP contribution in [0.2, 0.25) is 0 Å². The maximum atomic E-state index is 9.94. The third kappa shape index (κ3) is 2.43. The number of hydrogen-bond acceptors (Lipinski definition) is 9. The average Bonchev–Trinajstić information content (AvgIpc) is 3.25. The summed E-state index contributed by atoms with van der Waals surface area (Å²) in [6, 6.07) is 7.13. The Morgan fingerprint density at radius 2 is 0.593 bits per heavy atom. The molecule has 0 atom stereocenters. The van der Waals surface area contributed by atoms with Gasteiger partial charge in [0.25, 0.3) is 0 Å². The SMILES string of the molecule is Oc1ccc(O)n1-c1nc(-n2c(O)ccc2O)nc(-n2c(O)ccc2O)n1. The van der Waals surface area contributed by atoms with Crippen LogP contribution in [0.4, 0.5) is 0 Å². The Bertz CT molecular complexity index is 946. The van der Waals surface area contributed by atoms with Crippen LogP contribution in [0, 0.1) is 0 Å². The van der Waals surface area contributed by atoms with Crippen LogP contribution in [0.15, 0.2) is 36.4 Å². The molecule has 0 amide bonds. The standard InChI is InChI=1S/C15H12N6O6/c22-7-1-2-8(23)19(7)13-16-14(20-9(24)3-4-10(20)25)18-15(17-13)21-11(26)5-6-12(21)27/h1-6,22-27H. The van der Waals surface area contributed by atoms with Gasteiger partial charge in [0.15, 0.2) is 0 Å². The summed E-state index contributed by atoms with van der Waals surface area (Å²) in [6.07, 6.45) is 0. The van der Waals surface area contributed by atoms with Gasteiger partial charge in [-0.2, -0.15) is 15.0 Å². The highest BCUT2D eigenvalue weighted by Gasteiger charge is 2.21. The van der Waals surface area contributed by atoms with Crippen molar-refractivity contribution in [3.05, 3.63) is 36.4 Å². The van der Waals surface area contributed by atoms with Crippen LogP contribution in [-0.4, -0.2) is 59.3 Å². The number of rotatable bonds is 3. The molecule has 0 unspecified atom stereocenters. The lowest BCUT2D eigenvalue weighted by Crippen LogP contribution is -2.12. The molecule has 27 heavy (non-hydrogen) atoms. The molecule has 12 heteroatoms. The summed E-state index contributed by atoms with van der Waals surface area (Å²) in [5.74, 6) is -3.36. The third-order valence-corrected chi connectivity index (χ3v) is 3.72. The Morgan fingerprint density at radius 1 is 0.407 bits per heavy atom. The molecule has 0 fully saturated rings. The van der Waals surface area contributed by atoms with Gasteiger partial charge in [-0.1, -0.05) is 0 Å². The first kappa shape index (κ1) is 16.1. The van der Waals surface area contributed by atoms with E-state index in [1.165, 1.54) is 36.4 Å². The van der Waals surface area contributed by atoms with E-state index in [0.29, 0.717) is 0 Å². The summed E-state index contributed by atoms with van der Waals surface area (Å²) in [7, 11) is 0. The summed E-state index contributed by atoms with van der Waals surface area (Å²) in [6.45, 7) is 0. The van der Waals surface area contributed by atoms with Crippen molar-refractivity contribution < 1.29 is 30.6 Å². The minimum Gasteiger partial charge on any atom is -0.494 e. The molecule has 4 aromatic heterocycles. The van der Waals surface area contributed by atoms with Crippen LogP contribution in [-0.2, 0) is 0 Å². The van der Waals surface area contributed by atoms with Crippen LogP contribution >= 0.6 is 0 Å². The lowest BCUT2D eigenvalue weighted by molar-refractivity contribution is 0.390. The van der Waals surface area contributed by atoms with Crippen molar-refractivity contribution in [3.8, 4) is 53.1 Å². The predicted octanol–water partition coefficient (Wildman–Crippen LogP) is 0.477. The van der Waals surface area contributed by atoms with Gasteiger partial charge in [-0.15, -0.1) is 0 Å². The van der Waals surface area contributed by atoms with Crippen molar-refractivity contribution in [3.63, 3.8) is 0 Å². The molecule has 0 saturated carbocycles. The summed E-state index contributed by atoms with van der Waals surface area (Å²) in [5.41, 5.74) is 0. The largest absolute Gasteiger partial charge is 0.494 e. The highest BCUT2D eigenvalue weighted by atomic mass is 16.3. The highest BCUT2D eigenvalue weighted by Crippen LogP contribution is 2.30. The van der Waals surface area contributed by atoms with Crippen LogP contribution < -0.4 is 0 Å². The quantitative estimate of drug-likeness (QED) is 0.299. The molecule has 0 bridgehead atoms. The van der Waals surface area contributed by atoms with Gasteiger partial charge in [-0.25, -0.2) is 13.7 Å². The van der Waals surface area contributed by atoms with Gasteiger partial charge in [0.1, 0.15) is 0 Å². The van der Waals surface area contributed by atoms with Gasteiger partial charge in [0.05, 0.1) is 0 Å². The minimum absolute atomic E-state index is 0.310. The lowest BCUT2D eigenvalue weighted by atomic mass is 10.6. The molecule has 4 rings (SSSR count). The smallest absolute Gasteiger partial charge is 0.246 e. The normalized spacial score (nSPS) is 11.1. The third-order valence-electron chi connectivity index (χ3n) is 3.72. The minimum atomic E-state index is -0.405. The second kappa shape index (κ2) is 5.59. The molecule has 0 aliphatic heterocycles. The van der Waals surface area contributed by atoms with E-state index in [-0.39, 0.29) is 17.8 Å². The maximum Gasteiger partial charge on any atom is 0.246 e. The van der Waals surface area contributed by atoms with E-state index in [1.807, 2.05) is 0 Å². The van der Waals surface area contributed by atoms with Gasteiger partial charge in [0.2, 0.25) is 53.1 Å². The van der Waals surface area contributed by atoms with Crippen LogP contribution in [0.3, 0.4) is 0 Å². The molecule has 138 valence electrons. The molecule has 4 aromatic rings. The molecule has 0 spiro atoms. The van der Waals surface area contributed by atoms with Crippen molar-refractivity contribution in [2.24, 2.45) is 0 Å². The number of nitrogens with zero attached hydrogens (tertiary/aromatic N) is 6. The summed E-state index contributed by atoms with van der Waals surface area (Å²) < 4.78 is 2.55. The van der Waals surface area contributed by atoms with Crippen LogP contribution in [0.25, 0.3) is 17.8 Å². The Hall–Kier alpha value is -4.35. The van der Waals surface area contributed by atoms with E-state index >= 15 is 0 Å². The topological polar surface area (TPSA) is 175 Å². The second-order valence-corrected chi connectivity index (χ2v) is 5.39. The zero-order chi connectivity index (χ0) is 19.3. The highest BCUT2D eigenvalue weighted by molar-refractivity contribution is 5.42. The van der Waals surface area contributed by atoms with E-state index in [0.717, 1.165) is 13.7 Å². The number of aromatic hydroxyl groups is 6. The van der Waals surface area contributed by atoms with Gasteiger partial charge in [-0.3, -0.25) is 0 Å². The summed E-state index contributed by atoms with van der Waals surface area (Å²) >= 11 is 0.